The van der Waals surface area contributed by atoms with Gasteiger partial charge >= 0.3 is 0 Å². The number of nitrogens with zero attached hydrogens (tertiary/aromatic N) is 1. The van der Waals surface area contributed by atoms with Crippen LogP contribution in [0.2, 0.25) is 19.6 Å². The van der Waals surface area contributed by atoms with Gasteiger partial charge in [-0.2, -0.15) is 0 Å². The monoisotopic (exact) mass is 179 g/mol. The number of rotatable bonds is 2. The summed E-state index contributed by atoms with van der Waals surface area (Å²) in [7, 11) is -0.949. The molecule has 0 aliphatic rings. The number of aromatic nitrogens is 1. The normalized spacial score (nSPS) is 11.7. The van der Waals surface area contributed by atoms with E-state index in [1.165, 1.54) is 11.6 Å². The van der Waals surface area contributed by atoms with E-state index in [0.717, 1.165) is 5.69 Å². The van der Waals surface area contributed by atoms with Crippen LogP contribution in [0.3, 0.4) is 0 Å². The topological polar surface area (TPSA) is 12.9 Å². The molecule has 0 radical (unpaired) electrons. The third-order valence-corrected chi connectivity index (χ3v) is 3.16. The largest absolute Gasteiger partial charge is 0.262 e. The number of pyridine rings is 1. The molecule has 1 aromatic heterocycles. The van der Waals surface area contributed by atoms with Gasteiger partial charge in [-0.3, -0.25) is 4.98 Å². The molecule has 0 aliphatic carbocycles. The second-order valence-corrected chi connectivity index (χ2v) is 10.0. The summed E-state index contributed by atoms with van der Waals surface area (Å²) in [6.07, 6.45) is 1.91. The quantitative estimate of drug-likeness (QED) is 0.636. The minimum Gasteiger partial charge on any atom is -0.262 e. The van der Waals surface area contributed by atoms with Crippen molar-refractivity contribution in [2.45, 2.75) is 32.6 Å². The molecule has 66 valence electrons. The van der Waals surface area contributed by atoms with Gasteiger partial charge in [0.15, 0.2) is 0 Å². The fraction of sp³-hybridized carbons (Fsp3) is 0.500. The standard InChI is InChI=1S/C10H17NSi/c1-9-7-10(5-6-11-9)8-12(2,3)4/h5-7H,8H2,1-4H3. The van der Waals surface area contributed by atoms with E-state index in [-0.39, 0.29) is 0 Å². The van der Waals surface area contributed by atoms with Crippen LogP contribution in [0.25, 0.3) is 0 Å². The van der Waals surface area contributed by atoms with Crippen molar-refractivity contribution in [1.82, 2.24) is 4.98 Å². The summed E-state index contributed by atoms with van der Waals surface area (Å²) < 4.78 is 0. The van der Waals surface area contributed by atoms with Crippen LogP contribution in [0.5, 0.6) is 0 Å². The summed E-state index contributed by atoms with van der Waals surface area (Å²) in [5, 5.41) is 0. The van der Waals surface area contributed by atoms with E-state index >= 15 is 0 Å². The summed E-state index contributed by atoms with van der Waals surface area (Å²) in [6, 6.07) is 5.58. The molecular weight excluding hydrogens is 162 g/mol. The smallest absolute Gasteiger partial charge is 0.0487 e. The van der Waals surface area contributed by atoms with E-state index in [0.29, 0.717) is 0 Å². The summed E-state index contributed by atoms with van der Waals surface area (Å²) in [4.78, 5) is 4.19. The predicted octanol–water partition coefficient (Wildman–Crippen LogP) is 2.81. The fourth-order valence-corrected chi connectivity index (χ4v) is 2.77. The highest BCUT2D eigenvalue weighted by Crippen LogP contribution is 2.11. The van der Waals surface area contributed by atoms with Crippen molar-refractivity contribution >= 4 is 8.07 Å². The molecule has 1 aromatic rings. The summed E-state index contributed by atoms with van der Waals surface area (Å²) in [6.45, 7) is 9.22. The average molecular weight is 179 g/mol. The first-order valence-corrected chi connectivity index (χ1v) is 8.10. The third kappa shape index (κ3) is 3.18. The Balaban J connectivity index is 2.77. The Morgan fingerprint density at radius 3 is 2.50 bits per heavy atom. The molecule has 1 rings (SSSR count). The van der Waals surface area contributed by atoms with Crippen molar-refractivity contribution in [3.8, 4) is 0 Å². The van der Waals surface area contributed by atoms with Gasteiger partial charge < -0.3 is 0 Å². The maximum absolute atomic E-state index is 4.19. The highest BCUT2D eigenvalue weighted by atomic mass is 28.3. The maximum Gasteiger partial charge on any atom is 0.0487 e. The minimum absolute atomic E-state index is 0.949. The van der Waals surface area contributed by atoms with E-state index in [4.69, 9.17) is 0 Å². The highest BCUT2D eigenvalue weighted by molar-refractivity contribution is 6.75. The van der Waals surface area contributed by atoms with Gasteiger partial charge in [-0.05, 0) is 30.7 Å². The molecule has 0 atom stereocenters. The molecule has 0 N–H and O–H groups in total. The zero-order chi connectivity index (χ0) is 9.19. The van der Waals surface area contributed by atoms with Crippen molar-refractivity contribution in [2.24, 2.45) is 0 Å². The van der Waals surface area contributed by atoms with Gasteiger partial charge in [0.2, 0.25) is 0 Å². The highest BCUT2D eigenvalue weighted by Gasteiger charge is 2.13. The lowest BCUT2D eigenvalue weighted by molar-refractivity contribution is 1.16. The molecule has 1 heterocycles. The SMILES string of the molecule is Cc1cc(C[Si](C)(C)C)ccn1. The van der Waals surface area contributed by atoms with Crippen LogP contribution in [0.15, 0.2) is 18.3 Å². The van der Waals surface area contributed by atoms with E-state index in [2.05, 4.69) is 36.8 Å². The van der Waals surface area contributed by atoms with Gasteiger partial charge in [0.25, 0.3) is 0 Å². The van der Waals surface area contributed by atoms with Gasteiger partial charge in [0.05, 0.1) is 0 Å². The summed E-state index contributed by atoms with van der Waals surface area (Å²) in [5.41, 5.74) is 2.58. The van der Waals surface area contributed by atoms with E-state index < -0.39 is 8.07 Å². The minimum atomic E-state index is -0.949. The molecule has 12 heavy (non-hydrogen) atoms. The molecule has 0 saturated carbocycles. The van der Waals surface area contributed by atoms with Crippen LogP contribution in [0.4, 0.5) is 0 Å². The molecule has 0 aromatic carbocycles. The van der Waals surface area contributed by atoms with Gasteiger partial charge in [0.1, 0.15) is 0 Å². The predicted molar refractivity (Wildman–Crippen MR) is 56.0 cm³/mol. The Morgan fingerprint density at radius 2 is 2.00 bits per heavy atom. The molecule has 0 saturated heterocycles. The van der Waals surface area contributed by atoms with Crippen molar-refractivity contribution in [3.63, 3.8) is 0 Å². The van der Waals surface area contributed by atoms with Crippen LogP contribution in [-0.4, -0.2) is 13.1 Å². The van der Waals surface area contributed by atoms with Crippen LogP contribution >= 0.6 is 0 Å². The molecule has 0 spiro atoms. The Kier molecular flexibility index (Phi) is 2.68. The molecule has 1 nitrogen and oxygen atoms in total. The zero-order valence-corrected chi connectivity index (χ0v) is 9.39. The van der Waals surface area contributed by atoms with Gasteiger partial charge in [-0.15, -0.1) is 0 Å². The average Bonchev–Trinajstić information content (AvgIpc) is 1.82. The Bertz CT molecular complexity index is 263. The lowest BCUT2D eigenvalue weighted by Crippen LogP contribution is -2.23. The third-order valence-electron chi connectivity index (χ3n) is 1.70. The number of aryl methyl sites for hydroxylation is 1. The van der Waals surface area contributed by atoms with Crippen molar-refractivity contribution < 1.29 is 0 Å². The first kappa shape index (κ1) is 9.45. The molecule has 0 fully saturated rings. The fourth-order valence-electron chi connectivity index (χ4n) is 1.33. The molecule has 0 amide bonds. The van der Waals surface area contributed by atoms with Crippen LogP contribution in [0, 0.1) is 6.92 Å². The lowest BCUT2D eigenvalue weighted by Gasteiger charge is -2.15. The second-order valence-electron chi connectivity index (χ2n) is 4.54. The van der Waals surface area contributed by atoms with E-state index in [1.807, 2.05) is 13.1 Å². The first-order valence-electron chi connectivity index (χ1n) is 4.39. The van der Waals surface area contributed by atoms with Crippen LogP contribution in [0.1, 0.15) is 11.3 Å². The van der Waals surface area contributed by atoms with E-state index in [9.17, 15) is 0 Å². The number of hydrogen-bond acceptors (Lipinski definition) is 1. The van der Waals surface area contributed by atoms with Crippen molar-refractivity contribution in [2.75, 3.05) is 0 Å². The Labute approximate surface area is 75.9 Å². The first-order chi connectivity index (χ1) is 5.47. The van der Waals surface area contributed by atoms with Crippen LogP contribution in [-0.2, 0) is 6.04 Å². The molecule has 2 heteroatoms. The van der Waals surface area contributed by atoms with Gasteiger partial charge in [-0.25, -0.2) is 0 Å². The Hall–Kier alpha value is -0.633. The molecule has 0 aliphatic heterocycles. The lowest BCUT2D eigenvalue weighted by atomic mass is 10.2. The number of hydrogen-bond donors (Lipinski definition) is 0. The van der Waals surface area contributed by atoms with Gasteiger partial charge in [0, 0.05) is 20.0 Å². The zero-order valence-electron chi connectivity index (χ0n) is 8.39. The Morgan fingerprint density at radius 1 is 1.33 bits per heavy atom. The molecular formula is C10H17NSi. The molecule has 0 bridgehead atoms. The van der Waals surface area contributed by atoms with Crippen molar-refractivity contribution in [1.29, 1.82) is 0 Å². The van der Waals surface area contributed by atoms with Gasteiger partial charge in [-0.1, -0.05) is 19.6 Å². The second kappa shape index (κ2) is 3.40. The van der Waals surface area contributed by atoms with Crippen LogP contribution < -0.4 is 0 Å². The summed E-state index contributed by atoms with van der Waals surface area (Å²) >= 11 is 0. The summed E-state index contributed by atoms with van der Waals surface area (Å²) in [5.74, 6) is 0. The maximum atomic E-state index is 4.19. The van der Waals surface area contributed by atoms with Crippen molar-refractivity contribution in [3.05, 3.63) is 29.6 Å². The molecule has 0 unspecified atom stereocenters. The van der Waals surface area contributed by atoms with E-state index in [1.54, 1.807) is 0 Å².